The van der Waals surface area contributed by atoms with Gasteiger partial charge >= 0.3 is 0 Å². The Labute approximate surface area is 115 Å². The number of benzene rings is 1. The van der Waals surface area contributed by atoms with Crippen LogP contribution in [0.1, 0.15) is 6.92 Å². The molecule has 0 saturated carbocycles. The Balaban J connectivity index is 3.09. The summed E-state index contributed by atoms with van der Waals surface area (Å²) in [4.78, 5) is 10.0. The van der Waals surface area contributed by atoms with Crippen LogP contribution < -0.4 is 4.72 Å². The van der Waals surface area contributed by atoms with Gasteiger partial charge in [-0.1, -0.05) is 13.0 Å². The van der Waals surface area contributed by atoms with Gasteiger partial charge in [-0.15, -0.1) is 11.6 Å². The van der Waals surface area contributed by atoms with E-state index in [1.807, 2.05) is 4.72 Å². The molecule has 0 aliphatic carbocycles. The Morgan fingerprint density at radius 3 is 2.68 bits per heavy atom. The molecule has 0 spiro atoms. The molecule has 1 atom stereocenters. The summed E-state index contributed by atoms with van der Waals surface area (Å²) >= 11 is 5.52. The SMILES string of the molecule is CC(CCl)CS(=O)(=O)Nc1c(O)cccc1[N+](=O)[O-]. The van der Waals surface area contributed by atoms with Crippen molar-refractivity contribution in [2.24, 2.45) is 5.92 Å². The Morgan fingerprint density at radius 1 is 1.53 bits per heavy atom. The zero-order chi connectivity index (χ0) is 14.6. The largest absolute Gasteiger partial charge is 0.505 e. The van der Waals surface area contributed by atoms with Crippen LogP contribution in [0.5, 0.6) is 5.75 Å². The molecule has 106 valence electrons. The summed E-state index contributed by atoms with van der Waals surface area (Å²) in [5.41, 5.74) is -0.948. The summed E-state index contributed by atoms with van der Waals surface area (Å²) in [6.45, 7) is 1.63. The molecular weight excluding hydrogens is 296 g/mol. The third-order valence-corrected chi connectivity index (χ3v) is 4.29. The number of alkyl halides is 1. The Morgan fingerprint density at radius 2 is 2.16 bits per heavy atom. The minimum Gasteiger partial charge on any atom is -0.505 e. The second kappa shape index (κ2) is 6.07. The number of para-hydroxylation sites is 1. The van der Waals surface area contributed by atoms with Crippen molar-refractivity contribution in [3.05, 3.63) is 28.3 Å². The van der Waals surface area contributed by atoms with Gasteiger partial charge in [-0.05, 0) is 12.0 Å². The molecule has 9 heteroatoms. The third kappa shape index (κ3) is 4.25. The zero-order valence-electron chi connectivity index (χ0n) is 10.0. The molecule has 0 radical (unpaired) electrons. The number of rotatable bonds is 6. The number of nitrogens with zero attached hydrogens (tertiary/aromatic N) is 1. The van der Waals surface area contributed by atoms with Crippen LogP contribution in [0.3, 0.4) is 0 Å². The molecule has 0 amide bonds. The number of anilines is 1. The van der Waals surface area contributed by atoms with Crippen LogP contribution in [0.4, 0.5) is 11.4 Å². The number of nitrogens with one attached hydrogen (secondary N) is 1. The molecule has 0 fully saturated rings. The molecule has 1 aromatic carbocycles. The van der Waals surface area contributed by atoms with Gasteiger partial charge in [0, 0.05) is 11.9 Å². The maximum atomic E-state index is 11.8. The fraction of sp³-hybridized carbons (Fsp3) is 0.400. The van der Waals surface area contributed by atoms with Crippen molar-refractivity contribution >= 4 is 33.0 Å². The highest BCUT2D eigenvalue weighted by Crippen LogP contribution is 2.34. The maximum absolute atomic E-state index is 11.8. The number of halogens is 1. The van der Waals surface area contributed by atoms with Gasteiger partial charge < -0.3 is 5.11 Å². The van der Waals surface area contributed by atoms with E-state index in [2.05, 4.69) is 0 Å². The standard InChI is InChI=1S/C10H13ClN2O5S/c1-7(5-11)6-19(17,18)12-10-8(13(15)16)3-2-4-9(10)14/h2-4,7,12,14H,5-6H2,1H3. The van der Waals surface area contributed by atoms with E-state index >= 15 is 0 Å². The van der Waals surface area contributed by atoms with Gasteiger partial charge in [0.05, 0.1) is 10.7 Å². The number of sulfonamides is 1. The first-order valence-corrected chi connectivity index (χ1v) is 7.48. The molecule has 1 rings (SSSR count). The van der Waals surface area contributed by atoms with Gasteiger partial charge in [0.15, 0.2) is 5.69 Å². The highest BCUT2D eigenvalue weighted by atomic mass is 35.5. The third-order valence-electron chi connectivity index (χ3n) is 2.24. The van der Waals surface area contributed by atoms with Crippen molar-refractivity contribution in [2.75, 3.05) is 16.4 Å². The van der Waals surface area contributed by atoms with Gasteiger partial charge in [-0.2, -0.15) is 0 Å². The van der Waals surface area contributed by atoms with Crippen molar-refractivity contribution in [1.82, 2.24) is 0 Å². The van der Waals surface area contributed by atoms with Crippen molar-refractivity contribution in [2.45, 2.75) is 6.92 Å². The van der Waals surface area contributed by atoms with Crippen LogP contribution in [0.25, 0.3) is 0 Å². The topological polar surface area (TPSA) is 110 Å². The summed E-state index contributed by atoms with van der Waals surface area (Å²) in [5, 5.41) is 20.3. The quantitative estimate of drug-likeness (QED) is 0.361. The van der Waals surface area contributed by atoms with Gasteiger partial charge in [0.25, 0.3) is 5.69 Å². The van der Waals surface area contributed by atoms with Crippen LogP contribution in [0.15, 0.2) is 18.2 Å². The fourth-order valence-corrected chi connectivity index (χ4v) is 3.11. The summed E-state index contributed by atoms with van der Waals surface area (Å²) in [7, 11) is -3.82. The average Bonchev–Trinajstić information content (AvgIpc) is 2.30. The number of phenolic OH excluding ortho intramolecular Hbond substituents is 1. The minimum absolute atomic E-state index is 0.143. The molecule has 1 aromatic rings. The van der Waals surface area contributed by atoms with Gasteiger partial charge in [-0.25, -0.2) is 8.42 Å². The molecule has 0 bridgehead atoms. The van der Waals surface area contributed by atoms with Crippen LogP contribution in [-0.2, 0) is 10.0 Å². The molecule has 0 heterocycles. The maximum Gasteiger partial charge on any atom is 0.297 e. The Kier molecular flexibility index (Phi) is 4.96. The van der Waals surface area contributed by atoms with E-state index in [0.717, 1.165) is 12.1 Å². The normalized spacial score (nSPS) is 12.9. The smallest absolute Gasteiger partial charge is 0.297 e. The molecule has 0 aliphatic rings. The molecule has 0 aliphatic heterocycles. The predicted octanol–water partition coefficient (Wildman–Crippen LogP) is 1.92. The van der Waals surface area contributed by atoms with E-state index in [1.54, 1.807) is 6.92 Å². The first-order valence-electron chi connectivity index (χ1n) is 5.29. The van der Waals surface area contributed by atoms with Crippen molar-refractivity contribution < 1.29 is 18.4 Å². The first-order chi connectivity index (χ1) is 8.76. The molecular formula is C10H13ClN2O5S. The Hall–Kier alpha value is -1.54. The summed E-state index contributed by atoms with van der Waals surface area (Å²) in [5.74, 6) is -0.966. The van der Waals surface area contributed by atoms with Crippen molar-refractivity contribution in [3.63, 3.8) is 0 Å². The fourth-order valence-electron chi connectivity index (χ4n) is 1.40. The summed E-state index contributed by atoms with van der Waals surface area (Å²) < 4.78 is 25.6. The average molecular weight is 309 g/mol. The number of hydrogen-bond acceptors (Lipinski definition) is 5. The highest BCUT2D eigenvalue weighted by Gasteiger charge is 2.23. The number of phenols is 1. The van der Waals surface area contributed by atoms with E-state index < -0.39 is 32.1 Å². The first kappa shape index (κ1) is 15.5. The predicted molar refractivity (Wildman–Crippen MR) is 72.1 cm³/mol. The van der Waals surface area contributed by atoms with Gasteiger partial charge in [0.1, 0.15) is 5.75 Å². The van der Waals surface area contributed by atoms with Crippen LogP contribution >= 0.6 is 11.6 Å². The molecule has 0 aromatic heterocycles. The van der Waals surface area contributed by atoms with Crippen molar-refractivity contribution in [1.29, 1.82) is 0 Å². The molecule has 1 unspecified atom stereocenters. The van der Waals surface area contributed by atoms with E-state index in [1.165, 1.54) is 6.07 Å². The van der Waals surface area contributed by atoms with E-state index in [-0.39, 0.29) is 17.6 Å². The second-order valence-electron chi connectivity index (χ2n) is 4.07. The molecule has 19 heavy (non-hydrogen) atoms. The highest BCUT2D eigenvalue weighted by molar-refractivity contribution is 7.92. The van der Waals surface area contributed by atoms with E-state index in [4.69, 9.17) is 11.6 Å². The lowest BCUT2D eigenvalue weighted by molar-refractivity contribution is -0.383. The van der Waals surface area contributed by atoms with E-state index in [0.29, 0.717) is 0 Å². The van der Waals surface area contributed by atoms with Crippen molar-refractivity contribution in [3.8, 4) is 5.75 Å². The lowest BCUT2D eigenvalue weighted by Crippen LogP contribution is -2.22. The zero-order valence-corrected chi connectivity index (χ0v) is 11.6. The van der Waals surface area contributed by atoms with Gasteiger partial charge in [-0.3, -0.25) is 14.8 Å². The number of hydrogen-bond donors (Lipinski definition) is 2. The summed E-state index contributed by atoms with van der Waals surface area (Å²) in [6.07, 6.45) is 0. The number of nitro groups is 1. The molecule has 2 N–H and O–H groups in total. The van der Waals surface area contributed by atoms with E-state index in [9.17, 15) is 23.6 Å². The second-order valence-corrected chi connectivity index (χ2v) is 6.15. The van der Waals surface area contributed by atoms with Crippen LogP contribution in [0.2, 0.25) is 0 Å². The van der Waals surface area contributed by atoms with Gasteiger partial charge in [0.2, 0.25) is 10.0 Å². The summed E-state index contributed by atoms with van der Waals surface area (Å²) in [6, 6.07) is 3.52. The minimum atomic E-state index is -3.82. The Bertz CT molecular complexity index is 575. The number of nitro benzene ring substituents is 1. The van der Waals surface area contributed by atoms with Crippen LogP contribution in [-0.4, -0.2) is 30.1 Å². The number of aromatic hydroxyl groups is 1. The molecule has 7 nitrogen and oxygen atoms in total. The monoisotopic (exact) mass is 308 g/mol. The molecule has 0 saturated heterocycles. The lowest BCUT2D eigenvalue weighted by atomic mass is 10.2. The van der Waals surface area contributed by atoms with Crippen LogP contribution in [0, 0.1) is 16.0 Å². The lowest BCUT2D eigenvalue weighted by Gasteiger charge is -2.12.